The molecule has 3 N–H and O–H groups in total. The van der Waals surface area contributed by atoms with Crippen LogP contribution >= 0.6 is 7.80 Å². The summed E-state index contributed by atoms with van der Waals surface area (Å²) in [6.07, 6.45) is 3.11. The van der Waals surface area contributed by atoms with Gasteiger partial charge in [0.1, 0.15) is 18.2 Å². The molecule has 1 aromatic heterocycles. The zero-order valence-corrected chi connectivity index (χ0v) is 21.3. The first-order valence-corrected chi connectivity index (χ1v) is 13.1. The zero-order chi connectivity index (χ0) is 25.4. The van der Waals surface area contributed by atoms with E-state index in [0.29, 0.717) is 35.8 Å². The molecule has 0 aliphatic rings. The number of nitro benzene ring substituents is 1. The second kappa shape index (κ2) is 12.2. The van der Waals surface area contributed by atoms with E-state index in [1.807, 2.05) is 45.3 Å². The number of rotatable bonds is 12. The van der Waals surface area contributed by atoms with Crippen molar-refractivity contribution in [3.05, 3.63) is 69.9 Å². The van der Waals surface area contributed by atoms with Crippen LogP contribution in [0.2, 0.25) is 0 Å². The van der Waals surface area contributed by atoms with E-state index >= 15 is 0 Å². The van der Waals surface area contributed by atoms with Crippen LogP contribution in [-0.2, 0) is 10.7 Å². The van der Waals surface area contributed by atoms with Gasteiger partial charge < -0.3 is 20.9 Å². The molecule has 1 unspecified atom stereocenters. The highest BCUT2D eigenvalue weighted by atomic mass is 31.1. The Labute approximate surface area is 206 Å². The van der Waals surface area contributed by atoms with E-state index in [1.165, 1.54) is 6.07 Å². The minimum Gasteiger partial charge on any atom is -0.379 e. The van der Waals surface area contributed by atoms with Crippen molar-refractivity contribution in [3.63, 3.8) is 0 Å². The molecule has 0 radical (unpaired) electrons. The Balaban J connectivity index is 1.72. The molecular formula is C24H31N7O3P+. The summed E-state index contributed by atoms with van der Waals surface area (Å²) in [5.74, 6) is 0.934. The van der Waals surface area contributed by atoms with Gasteiger partial charge in [-0.05, 0) is 63.8 Å². The average Bonchev–Trinajstić information content (AvgIpc) is 2.80. The molecule has 0 saturated heterocycles. The maximum Gasteiger partial charge on any atom is 0.340 e. The van der Waals surface area contributed by atoms with Crippen LogP contribution in [0.5, 0.6) is 0 Å². The van der Waals surface area contributed by atoms with Gasteiger partial charge in [-0.3, -0.25) is 10.1 Å². The Bertz CT molecular complexity index is 1190. The zero-order valence-electron chi connectivity index (χ0n) is 20.4. The molecule has 0 saturated carbocycles. The molecule has 0 aliphatic carbocycles. The number of hydrogen-bond acceptors (Lipinski definition) is 9. The largest absolute Gasteiger partial charge is 0.379 e. The first-order valence-electron chi connectivity index (χ1n) is 11.2. The van der Waals surface area contributed by atoms with Crippen molar-refractivity contribution in [2.75, 3.05) is 49.8 Å². The van der Waals surface area contributed by atoms with Crippen molar-refractivity contribution in [1.29, 1.82) is 0 Å². The molecule has 0 spiro atoms. The monoisotopic (exact) mass is 496 g/mol. The van der Waals surface area contributed by atoms with Crippen LogP contribution in [0, 0.1) is 17.0 Å². The van der Waals surface area contributed by atoms with E-state index in [9.17, 15) is 14.7 Å². The molecule has 10 nitrogen and oxygen atoms in total. The molecule has 11 heteroatoms. The van der Waals surface area contributed by atoms with Gasteiger partial charge in [-0.25, -0.2) is 4.98 Å². The maximum absolute atomic E-state index is 11.6. The molecule has 1 atom stereocenters. The number of aryl methyl sites for hydroxylation is 1. The van der Waals surface area contributed by atoms with Crippen LogP contribution in [-0.4, -0.2) is 53.6 Å². The third-order valence-corrected chi connectivity index (χ3v) is 5.95. The van der Waals surface area contributed by atoms with Crippen LogP contribution in [0.4, 0.5) is 34.5 Å². The highest BCUT2D eigenvalue weighted by Gasteiger charge is 2.15. The fourth-order valence-electron chi connectivity index (χ4n) is 3.37. The van der Waals surface area contributed by atoms with Gasteiger partial charge in [0.15, 0.2) is 6.16 Å². The highest BCUT2D eigenvalue weighted by molar-refractivity contribution is 7.42. The molecular weight excluding hydrogens is 465 g/mol. The quantitative estimate of drug-likeness (QED) is 0.129. The van der Waals surface area contributed by atoms with E-state index in [0.717, 1.165) is 29.8 Å². The molecule has 0 bridgehead atoms. The molecule has 1 heterocycles. The van der Waals surface area contributed by atoms with E-state index in [-0.39, 0.29) is 5.69 Å². The lowest BCUT2D eigenvalue weighted by Gasteiger charge is -2.13. The van der Waals surface area contributed by atoms with Crippen molar-refractivity contribution in [3.8, 4) is 0 Å². The Kier molecular flexibility index (Phi) is 9.05. The Morgan fingerprint density at radius 3 is 2.46 bits per heavy atom. The number of benzene rings is 2. The van der Waals surface area contributed by atoms with Crippen LogP contribution in [0.1, 0.15) is 17.5 Å². The third kappa shape index (κ3) is 7.98. The van der Waals surface area contributed by atoms with Crippen LogP contribution < -0.4 is 16.0 Å². The summed E-state index contributed by atoms with van der Waals surface area (Å²) in [5.41, 5.74) is 3.68. The van der Waals surface area contributed by atoms with Gasteiger partial charge in [0.05, 0.1) is 4.92 Å². The lowest BCUT2D eigenvalue weighted by Crippen LogP contribution is -2.16. The number of nitrogens with one attached hydrogen (secondary N) is 3. The van der Waals surface area contributed by atoms with E-state index in [2.05, 4.69) is 30.8 Å². The van der Waals surface area contributed by atoms with E-state index < -0.39 is 12.7 Å². The fourth-order valence-corrected chi connectivity index (χ4v) is 4.10. The summed E-state index contributed by atoms with van der Waals surface area (Å²) >= 11 is 0. The molecule has 0 aliphatic heterocycles. The number of nitro groups is 1. The SMILES string of the molecule is Cc1cnc(Nc2ccc(NCCCN(C)C)c([N+](=O)[O-])c2)nc1Nc1ccc(C[P+](C)=O)cc1. The molecule has 3 rings (SSSR count). The normalized spacial score (nSPS) is 11.3. The standard InChI is InChI=1S/C24H31N7O3P/c1-17-15-26-24(29-23(17)27-19-8-6-18(7-9-19)16-35(4)34)28-20-10-11-21(22(14-20)31(32)33)25-12-5-13-30(2)3/h6-11,14-15,25H,5,12-13,16H2,1-4H3,(H2,26,27,28,29)/q+1. The summed E-state index contributed by atoms with van der Waals surface area (Å²) in [6, 6.07) is 12.6. The lowest BCUT2D eigenvalue weighted by molar-refractivity contribution is -0.383. The molecule has 35 heavy (non-hydrogen) atoms. The summed E-state index contributed by atoms with van der Waals surface area (Å²) < 4.78 is 11.4. The topological polar surface area (TPSA) is 125 Å². The minimum absolute atomic E-state index is 0.0146. The van der Waals surface area contributed by atoms with Crippen LogP contribution in [0.15, 0.2) is 48.7 Å². The Hall–Kier alpha value is -3.62. The van der Waals surface area contributed by atoms with E-state index in [4.69, 9.17) is 0 Å². The third-order valence-electron chi connectivity index (χ3n) is 5.14. The van der Waals surface area contributed by atoms with Gasteiger partial charge >= 0.3 is 7.80 Å². The lowest BCUT2D eigenvalue weighted by atomic mass is 10.2. The van der Waals surface area contributed by atoms with E-state index in [1.54, 1.807) is 25.0 Å². The van der Waals surface area contributed by atoms with Gasteiger partial charge in [-0.2, -0.15) is 4.98 Å². The number of hydrogen-bond donors (Lipinski definition) is 3. The Morgan fingerprint density at radius 2 is 1.80 bits per heavy atom. The van der Waals surface area contributed by atoms with Crippen molar-refractivity contribution < 1.29 is 9.49 Å². The van der Waals surface area contributed by atoms with Gasteiger partial charge in [0.25, 0.3) is 5.69 Å². The van der Waals surface area contributed by atoms with Gasteiger partial charge in [0.2, 0.25) is 5.95 Å². The predicted octanol–water partition coefficient (Wildman–Crippen LogP) is 5.50. The summed E-state index contributed by atoms with van der Waals surface area (Å²) in [6.45, 7) is 5.14. The number of aromatic nitrogens is 2. The van der Waals surface area contributed by atoms with Crippen molar-refractivity contribution in [2.45, 2.75) is 19.5 Å². The number of nitrogens with zero attached hydrogens (tertiary/aromatic N) is 4. The summed E-state index contributed by atoms with van der Waals surface area (Å²) in [4.78, 5) is 22.1. The summed E-state index contributed by atoms with van der Waals surface area (Å²) in [5, 5.41) is 21.1. The maximum atomic E-state index is 11.6. The first-order chi connectivity index (χ1) is 16.7. The molecule has 0 amide bonds. The first kappa shape index (κ1) is 26.0. The highest BCUT2D eigenvalue weighted by Crippen LogP contribution is 2.30. The minimum atomic E-state index is -1.23. The van der Waals surface area contributed by atoms with Crippen molar-refractivity contribution in [2.24, 2.45) is 0 Å². The smallest absolute Gasteiger partial charge is 0.340 e. The van der Waals surface area contributed by atoms with Crippen molar-refractivity contribution in [1.82, 2.24) is 14.9 Å². The molecule has 0 fully saturated rings. The fraction of sp³-hybridized carbons (Fsp3) is 0.333. The molecule has 3 aromatic rings. The van der Waals surface area contributed by atoms with Crippen molar-refractivity contribution >= 4 is 42.3 Å². The van der Waals surface area contributed by atoms with Crippen LogP contribution in [0.3, 0.4) is 0 Å². The number of anilines is 5. The Morgan fingerprint density at radius 1 is 1.09 bits per heavy atom. The second-order valence-corrected chi connectivity index (χ2v) is 10.1. The van der Waals surface area contributed by atoms with Crippen LogP contribution in [0.25, 0.3) is 0 Å². The molecule has 2 aromatic carbocycles. The van der Waals surface area contributed by atoms with Gasteiger partial charge in [-0.15, -0.1) is 0 Å². The van der Waals surface area contributed by atoms with Gasteiger partial charge in [-0.1, -0.05) is 16.7 Å². The van der Waals surface area contributed by atoms with Gasteiger partial charge in [0, 0.05) is 35.7 Å². The molecule has 184 valence electrons. The summed E-state index contributed by atoms with van der Waals surface area (Å²) in [7, 11) is 2.75. The predicted molar refractivity (Wildman–Crippen MR) is 142 cm³/mol. The average molecular weight is 497 g/mol. The second-order valence-electron chi connectivity index (χ2n) is 8.53.